The molecule has 4 rings (SSSR count). The summed E-state index contributed by atoms with van der Waals surface area (Å²) in [6.45, 7) is 2.47. The number of carbonyl (C=O) groups excluding carboxylic acids is 2. The van der Waals surface area contributed by atoms with Crippen LogP contribution in [0.4, 0.5) is 0 Å². The molecular formula is C21H18N2O5S2. The Morgan fingerprint density at radius 1 is 1.27 bits per heavy atom. The summed E-state index contributed by atoms with van der Waals surface area (Å²) in [4.78, 5) is 27.0. The third-order valence-corrected chi connectivity index (χ3v) is 5.96. The first kappa shape index (κ1) is 20.2. The Labute approximate surface area is 182 Å². The standard InChI is InChI=1S/C21H18N2O5S2/c1-12-2-4-15(24)14(8-12)19(25)22-6-7-23-20(26)18(30-21(23)29)10-13-3-5-16-17(9-13)28-11-27-16/h2-5,8-10,24H,6-7,11H2,1H3,(H,22,25)/b18-10+. The molecule has 2 aliphatic rings. The van der Waals surface area contributed by atoms with Gasteiger partial charge < -0.3 is 19.9 Å². The third kappa shape index (κ3) is 4.12. The minimum Gasteiger partial charge on any atom is -0.507 e. The second-order valence-corrected chi connectivity index (χ2v) is 8.40. The van der Waals surface area contributed by atoms with Crippen molar-refractivity contribution in [2.75, 3.05) is 19.9 Å². The number of nitrogens with one attached hydrogen (secondary N) is 1. The molecule has 0 bridgehead atoms. The average molecular weight is 443 g/mol. The predicted octanol–water partition coefficient (Wildman–Crippen LogP) is 3.06. The molecule has 2 heterocycles. The highest BCUT2D eigenvalue weighted by molar-refractivity contribution is 8.26. The maximum absolute atomic E-state index is 12.7. The van der Waals surface area contributed by atoms with Crippen molar-refractivity contribution < 1.29 is 24.2 Å². The molecule has 9 heteroatoms. The van der Waals surface area contributed by atoms with Gasteiger partial charge >= 0.3 is 0 Å². The van der Waals surface area contributed by atoms with Gasteiger partial charge in [0.15, 0.2) is 11.5 Å². The summed E-state index contributed by atoms with van der Waals surface area (Å²) < 4.78 is 11.1. The molecule has 0 radical (unpaired) electrons. The average Bonchev–Trinajstić information content (AvgIpc) is 3.29. The monoisotopic (exact) mass is 442 g/mol. The van der Waals surface area contributed by atoms with Crippen molar-refractivity contribution in [2.24, 2.45) is 0 Å². The summed E-state index contributed by atoms with van der Waals surface area (Å²) in [6.07, 6.45) is 1.75. The Bertz CT molecular complexity index is 1080. The van der Waals surface area contributed by atoms with Gasteiger partial charge in [-0.2, -0.15) is 0 Å². The molecule has 2 amide bonds. The van der Waals surface area contributed by atoms with Crippen molar-refractivity contribution in [1.29, 1.82) is 0 Å². The molecule has 0 spiro atoms. The molecule has 154 valence electrons. The SMILES string of the molecule is Cc1ccc(O)c(C(=O)NCCN2C(=O)/C(=C\c3ccc4c(c3)OCO4)SC2=S)c1. The van der Waals surface area contributed by atoms with Crippen LogP contribution in [-0.4, -0.2) is 46.0 Å². The van der Waals surface area contributed by atoms with Gasteiger partial charge in [-0.05, 0) is 42.8 Å². The Hall–Kier alpha value is -3.04. The van der Waals surface area contributed by atoms with Crippen LogP contribution in [0, 0.1) is 6.92 Å². The lowest BCUT2D eigenvalue weighted by molar-refractivity contribution is -0.122. The maximum atomic E-state index is 12.7. The smallest absolute Gasteiger partial charge is 0.266 e. The van der Waals surface area contributed by atoms with Crippen LogP contribution in [0.3, 0.4) is 0 Å². The van der Waals surface area contributed by atoms with Gasteiger partial charge in [-0.15, -0.1) is 0 Å². The van der Waals surface area contributed by atoms with E-state index in [-0.39, 0.29) is 37.1 Å². The lowest BCUT2D eigenvalue weighted by Crippen LogP contribution is -2.37. The number of benzene rings is 2. The van der Waals surface area contributed by atoms with E-state index in [0.717, 1.165) is 11.1 Å². The van der Waals surface area contributed by atoms with Gasteiger partial charge in [-0.1, -0.05) is 41.7 Å². The number of phenolic OH excluding ortho intramolecular Hbond substituents is 1. The molecule has 0 aliphatic carbocycles. The van der Waals surface area contributed by atoms with Crippen LogP contribution < -0.4 is 14.8 Å². The van der Waals surface area contributed by atoms with E-state index in [0.29, 0.717) is 20.7 Å². The van der Waals surface area contributed by atoms with E-state index < -0.39 is 5.91 Å². The fraction of sp³-hybridized carbons (Fsp3) is 0.190. The number of nitrogens with zero attached hydrogens (tertiary/aromatic N) is 1. The second kappa shape index (κ2) is 8.37. The minimum atomic E-state index is -0.405. The lowest BCUT2D eigenvalue weighted by Gasteiger charge is -2.15. The van der Waals surface area contributed by atoms with E-state index in [1.807, 2.05) is 19.1 Å². The molecule has 30 heavy (non-hydrogen) atoms. The molecule has 0 saturated carbocycles. The largest absolute Gasteiger partial charge is 0.507 e. The number of ether oxygens (including phenoxy) is 2. The number of amides is 2. The fourth-order valence-corrected chi connectivity index (χ4v) is 4.36. The van der Waals surface area contributed by atoms with Crippen molar-refractivity contribution in [2.45, 2.75) is 6.92 Å². The highest BCUT2D eigenvalue weighted by Gasteiger charge is 2.31. The summed E-state index contributed by atoms with van der Waals surface area (Å²) >= 11 is 6.54. The lowest BCUT2D eigenvalue weighted by atomic mass is 10.1. The van der Waals surface area contributed by atoms with Crippen LogP contribution in [-0.2, 0) is 4.79 Å². The van der Waals surface area contributed by atoms with Crippen molar-refractivity contribution >= 4 is 46.2 Å². The van der Waals surface area contributed by atoms with Crippen molar-refractivity contribution in [3.05, 3.63) is 58.0 Å². The van der Waals surface area contributed by atoms with Gasteiger partial charge in [0.1, 0.15) is 10.1 Å². The quantitative estimate of drug-likeness (QED) is 0.544. The maximum Gasteiger partial charge on any atom is 0.266 e. The summed E-state index contributed by atoms with van der Waals surface area (Å²) in [7, 11) is 0. The number of aromatic hydroxyl groups is 1. The molecule has 2 aromatic rings. The van der Waals surface area contributed by atoms with Crippen molar-refractivity contribution in [3.63, 3.8) is 0 Å². The number of rotatable bonds is 5. The topological polar surface area (TPSA) is 88.1 Å². The molecule has 2 N–H and O–H groups in total. The highest BCUT2D eigenvalue weighted by atomic mass is 32.2. The summed E-state index contributed by atoms with van der Waals surface area (Å²) in [5.41, 5.74) is 1.87. The van der Waals surface area contributed by atoms with Crippen LogP contribution in [0.5, 0.6) is 17.2 Å². The number of phenols is 1. The van der Waals surface area contributed by atoms with Crippen LogP contribution in [0.2, 0.25) is 0 Å². The number of carbonyl (C=O) groups is 2. The third-order valence-electron chi connectivity index (χ3n) is 4.59. The van der Waals surface area contributed by atoms with E-state index in [9.17, 15) is 14.7 Å². The molecule has 1 saturated heterocycles. The van der Waals surface area contributed by atoms with Gasteiger partial charge in [-0.25, -0.2) is 0 Å². The molecule has 2 aliphatic heterocycles. The number of aryl methyl sites for hydroxylation is 1. The van der Waals surface area contributed by atoms with E-state index in [1.165, 1.54) is 22.7 Å². The Morgan fingerprint density at radius 3 is 2.90 bits per heavy atom. The van der Waals surface area contributed by atoms with Gasteiger partial charge in [0.05, 0.1) is 10.5 Å². The Balaban J connectivity index is 1.38. The van der Waals surface area contributed by atoms with E-state index >= 15 is 0 Å². The molecule has 0 atom stereocenters. The van der Waals surface area contributed by atoms with Crippen LogP contribution in [0.1, 0.15) is 21.5 Å². The summed E-state index contributed by atoms with van der Waals surface area (Å²) in [6, 6.07) is 10.3. The van der Waals surface area contributed by atoms with Gasteiger partial charge in [0.2, 0.25) is 6.79 Å². The number of thiocarbonyl (C=S) groups is 1. The van der Waals surface area contributed by atoms with Crippen LogP contribution >= 0.6 is 24.0 Å². The molecular weight excluding hydrogens is 424 g/mol. The zero-order valence-corrected chi connectivity index (χ0v) is 17.6. The number of hydrogen-bond acceptors (Lipinski definition) is 7. The van der Waals surface area contributed by atoms with Crippen LogP contribution in [0.25, 0.3) is 6.08 Å². The zero-order chi connectivity index (χ0) is 21.3. The number of hydrogen-bond donors (Lipinski definition) is 2. The predicted molar refractivity (Wildman–Crippen MR) is 118 cm³/mol. The number of thioether (sulfide) groups is 1. The molecule has 0 unspecified atom stereocenters. The normalized spacial score (nSPS) is 16.4. The van der Waals surface area contributed by atoms with E-state index in [4.69, 9.17) is 21.7 Å². The molecule has 1 fully saturated rings. The summed E-state index contributed by atoms with van der Waals surface area (Å²) in [5.74, 6) is 0.611. The fourth-order valence-electron chi connectivity index (χ4n) is 3.06. The van der Waals surface area contributed by atoms with Gasteiger partial charge in [0, 0.05) is 13.1 Å². The van der Waals surface area contributed by atoms with E-state index in [1.54, 1.807) is 24.3 Å². The first-order valence-electron chi connectivity index (χ1n) is 9.15. The van der Waals surface area contributed by atoms with E-state index in [2.05, 4.69) is 5.32 Å². The molecule has 0 aromatic heterocycles. The van der Waals surface area contributed by atoms with Crippen LogP contribution in [0.15, 0.2) is 41.3 Å². The Morgan fingerprint density at radius 2 is 2.07 bits per heavy atom. The van der Waals surface area contributed by atoms with Crippen molar-refractivity contribution in [3.8, 4) is 17.2 Å². The van der Waals surface area contributed by atoms with Gasteiger partial charge in [-0.3, -0.25) is 14.5 Å². The highest BCUT2D eigenvalue weighted by Crippen LogP contribution is 2.36. The minimum absolute atomic E-state index is 0.0876. The Kier molecular flexibility index (Phi) is 5.65. The first-order chi connectivity index (χ1) is 14.4. The summed E-state index contributed by atoms with van der Waals surface area (Å²) in [5, 5.41) is 12.6. The van der Waals surface area contributed by atoms with Gasteiger partial charge in [0.25, 0.3) is 11.8 Å². The molecule has 7 nitrogen and oxygen atoms in total. The second-order valence-electron chi connectivity index (χ2n) is 6.72. The first-order valence-corrected chi connectivity index (χ1v) is 10.4. The number of fused-ring (bicyclic) bond motifs is 1. The zero-order valence-electron chi connectivity index (χ0n) is 16.0. The molecule has 2 aromatic carbocycles. The van der Waals surface area contributed by atoms with Crippen molar-refractivity contribution in [1.82, 2.24) is 10.2 Å².